The standard InChI is InChI=1S/C22H24ClN3O2S/c1-4-8-19(21(27)28-5-2)29-22-25-24-20(17-9-6-7-10-18(17)23)26(22)16-13-11-15(3)12-14-16/h6-7,9-14,19H,4-5,8H2,1-3H3. The average molecular weight is 430 g/mol. The zero-order valence-electron chi connectivity index (χ0n) is 16.8. The van der Waals surface area contributed by atoms with Crippen molar-refractivity contribution in [3.05, 3.63) is 59.1 Å². The molecule has 0 saturated carbocycles. The predicted molar refractivity (Wildman–Crippen MR) is 118 cm³/mol. The number of carbonyl (C=O) groups excluding carboxylic acids is 1. The number of aromatic nitrogens is 3. The van der Waals surface area contributed by atoms with E-state index in [1.165, 1.54) is 11.8 Å². The van der Waals surface area contributed by atoms with Crippen molar-refractivity contribution in [3.8, 4) is 17.1 Å². The number of halogens is 1. The molecular formula is C22H24ClN3O2S. The Kier molecular flexibility index (Phi) is 7.34. The van der Waals surface area contributed by atoms with Crippen LogP contribution >= 0.6 is 23.4 Å². The Morgan fingerprint density at radius 2 is 1.86 bits per heavy atom. The summed E-state index contributed by atoms with van der Waals surface area (Å²) in [5, 5.41) is 9.72. The summed E-state index contributed by atoms with van der Waals surface area (Å²) < 4.78 is 7.21. The maximum absolute atomic E-state index is 12.4. The van der Waals surface area contributed by atoms with Crippen molar-refractivity contribution in [1.29, 1.82) is 0 Å². The van der Waals surface area contributed by atoms with Gasteiger partial charge in [0.1, 0.15) is 5.25 Å². The summed E-state index contributed by atoms with van der Waals surface area (Å²) in [6.45, 7) is 6.26. The molecule has 0 amide bonds. The van der Waals surface area contributed by atoms with E-state index in [-0.39, 0.29) is 11.2 Å². The van der Waals surface area contributed by atoms with Crippen molar-refractivity contribution in [2.75, 3.05) is 6.61 Å². The summed E-state index contributed by atoms with van der Waals surface area (Å²) in [4.78, 5) is 12.4. The van der Waals surface area contributed by atoms with Gasteiger partial charge >= 0.3 is 5.97 Å². The number of esters is 1. The molecule has 0 N–H and O–H groups in total. The Morgan fingerprint density at radius 1 is 1.14 bits per heavy atom. The van der Waals surface area contributed by atoms with Gasteiger partial charge in [-0.3, -0.25) is 9.36 Å². The molecule has 1 atom stereocenters. The van der Waals surface area contributed by atoms with Crippen LogP contribution < -0.4 is 0 Å². The number of rotatable bonds is 8. The van der Waals surface area contributed by atoms with Crippen LogP contribution in [0.5, 0.6) is 0 Å². The monoisotopic (exact) mass is 429 g/mol. The van der Waals surface area contributed by atoms with E-state index in [1.807, 2.05) is 73.9 Å². The highest BCUT2D eigenvalue weighted by molar-refractivity contribution is 8.00. The third kappa shape index (κ3) is 5.00. The molecule has 7 heteroatoms. The highest BCUT2D eigenvalue weighted by Gasteiger charge is 2.26. The van der Waals surface area contributed by atoms with Crippen LogP contribution in [0.25, 0.3) is 17.1 Å². The van der Waals surface area contributed by atoms with E-state index in [9.17, 15) is 4.79 Å². The van der Waals surface area contributed by atoms with Gasteiger partial charge in [0.25, 0.3) is 0 Å². The molecule has 0 aliphatic rings. The number of aryl methyl sites for hydroxylation is 1. The Morgan fingerprint density at radius 3 is 2.52 bits per heavy atom. The molecular weight excluding hydrogens is 406 g/mol. The molecule has 0 saturated heterocycles. The summed E-state index contributed by atoms with van der Waals surface area (Å²) in [6.07, 6.45) is 1.57. The first kappa shape index (κ1) is 21.4. The third-order valence-corrected chi connectivity index (χ3v) is 5.91. The number of carbonyl (C=O) groups is 1. The van der Waals surface area contributed by atoms with Gasteiger partial charge in [0, 0.05) is 11.3 Å². The lowest BCUT2D eigenvalue weighted by Gasteiger charge is -2.16. The summed E-state index contributed by atoms with van der Waals surface area (Å²) >= 11 is 7.82. The lowest BCUT2D eigenvalue weighted by molar-refractivity contribution is -0.142. The second-order valence-corrected chi connectivity index (χ2v) is 8.18. The van der Waals surface area contributed by atoms with Gasteiger partial charge in [-0.25, -0.2) is 0 Å². The third-order valence-electron chi connectivity index (χ3n) is 4.39. The van der Waals surface area contributed by atoms with Crippen LogP contribution in [-0.4, -0.2) is 32.6 Å². The highest BCUT2D eigenvalue weighted by Crippen LogP contribution is 2.34. The van der Waals surface area contributed by atoms with Crippen molar-refractivity contribution in [1.82, 2.24) is 14.8 Å². The molecule has 29 heavy (non-hydrogen) atoms. The Labute approximate surface area is 180 Å². The quantitative estimate of drug-likeness (QED) is 0.338. The van der Waals surface area contributed by atoms with Crippen molar-refractivity contribution in [2.24, 2.45) is 0 Å². The molecule has 0 fully saturated rings. The van der Waals surface area contributed by atoms with Gasteiger partial charge in [-0.15, -0.1) is 10.2 Å². The molecule has 0 aliphatic carbocycles. The van der Waals surface area contributed by atoms with Gasteiger partial charge in [0.15, 0.2) is 11.0 Å². The Bertz CT molecular complexity index is 972. The van der Waals surface area contributed by atoms with Crippen molar-refractivity contribution in [2.45, 2.75) is 44.0 Å². The van der Waals surface area contributed by atoms with Crippen LogP contribution in [-0.2, 0) is 9.53 Å². The van der Waals surface area contributed by atoms with E-state index >= 15 is 0 Å². The van der Waals surface area contributed by atoms with Gasteiger partial charge in [-0.05, 0) is 44.5 Å². The van der Waals surface area contributed by atoms with Crippen LogP contribution in [0.3, 0.4) is 0 Å². The molecule has 0 bridgehead atoms. The summed E-state index contributed by atoms with van der Waals surface area (Å²) in [5.41, 5.74) is 2.86. The molecule has 1 unspecified atom stereocenters. The second kappa shape index (κ2) is 9.94. The molecule has 3 aromatic rings. The van der Waals surface area contributed by atoms with Gasteiger partial charge in [0.05, 0.1) is 11.6 Å². The van der Waals surface area contributed by atoms with Crippen molar-refractivity contribution >= 4 is 29.3 Å². The fraction of sp³-hybridized carbons (Fsp3) is 0.318. The lowest BCUT2D eigenvalue weighted by atomic mass is 10.2. The van der Waals surface area contributed by atoms with E-state index in [0.29, 0.717) is 29.0 Å². The highest BCUT2D eigenvalue weighted by atomic mass is 35.5. The predicted octanol–water partition coefficient (Wildman–Crippen LogP) is 5.72. The minimum absolute atomic E-state index is 0.225. The van der Waals surface area contributed by atoms with Gasteiger partial charge in [-0.1, -0.05) is 66.5 Å². The van der Waals surface area contributed by atoms with E-state index in [1.54, 1.807) is 0 Å². The van der Waals surface area contributed by atoms with E-state index in [2.05, 4.69) is 10.2 Å². The zero-order chi connectivity index (χ0) is 20.8. The maximum Gasteiger partial charge on any atom is 0.319 e. The first-order valence-electron chi connectivity index (χ1n) is 9.65. The van der Waals surface area contributed by atoms with Crippen molar-refractivity contribution in [3.63, 3.8) is 0 Å². The van der Waals surface area contributed by atoms with Crippen LogP contribution in [0.4, 0.5) is 0 Å². The van der Waals surface area contributed by atoms with Crippen LogP contribution in [0.2, 0.25) is 5.02 Å². The van der Waals surface area contributed by atoms with Gasteiger partial charge in [-0.2, -0.15) is 0 Å². The molecule has 0 radical (unpaired) electrons. The fourth-order valence-corrected chi connectivity index (χ4v) is 4.32. The molecule has 0 spiro atoms. The Hall–Kier alpha value is -2.31. The molecule has 3 rings (SSSR count). The summed E-state index contributed by atoms with van der Waals surface area (Å²) in [7, 11) is 0. The fourth-order valence-electron chi connectivity index (χ4n) is 2.94. The summed E-state index contributed by atoms with van der Waals surface area (Å²) in [5.74, 6) is 0.415. The van der Waals surface area contributed by atoms with Gasteiger partial charge < -0.3 is 4.74 Å². The minimum Gasteiger partial charge on any atom is -0.465 e. The minimum atomic E-state index is -0.340. The maximum atomic E-state index is 12.4. The molecule has 1 heterocycles. The lowest BCUT2D eigenvalue weighted by Crippen LogP contribution is -2.20. The number of hydrogen-bond donors (Lipinski definition) is 0. The van der Waals surface area contributed by atoms with Crippen LogP contribution in [0.15, 0.2) is 53.7 Å². The van der Waals surface area contributed by atoms with E-state index < -0.39 is 0 Å². The Balaban J connectivity index is 2.08. The molecule has 1 aromatic heterocycles. The smallest absolute Gasteiger partial charge is 0.319 e. The second-order valence-electron chi connectivity index (χ2n) is 6.60. The largest absolute Gasteiger partial charge is 0.465 e. The molecule has 2 aromatic carbocycles. The summed E-state index contributed by atoms with van der Waals surface area (Å²) in [6, 6.07) is 15.7. The van der Waals surface area contributed by atoms with Crippen molar-refractivity contribution < 1.29 is 9.53 Å². The zero-order valence-corrected chi connectivity index (χ0v) is 18.3. The molecule has 0 aliphatic heterocycles. The number of benzene rings is 2. The number of ether oxygens (including phenoxy) is 1. The molecule has 5 nitrogen and oxygen atoms in total. The topological polar surface area (TPSA) is 57.0 Å². The number of nitrogens with zero attached hydrogens (tertiary/aromatic N) is 3. The number of thioether (sulfide) groups is 1. The van der Waals surface area contributed by atoms with Crippen LogP contribution in [0, 0.1) is 6.92 Å². The van der Waals surface area contributed by atoms with Gasteiger partial charge in [0.2, 0.25) is 0 Å². The first-order chi connectivity index (χ1) is 14.0. The van der Waals surface area contributed by atoms with E-state index in [4.69, 9.17) is 16.3 Å². The normalized spacial score (nSPS) is 12.0. The number of hydrogen-bond acceptors (Lipinski definition) is 5. The van der Waals surface area contributed by atoms with Crippen LogP contribution in [0.1, 0.15) is 32.3 Å². The SMILES string of the molecule is CCCC(Sc1nnc(-c2ccccc2Cl)n1-c1ccc(C)cc1)C(=O)OCC. The first-order valence-corrected chi connectivity index (χ1v) is 10.9. The molecule has 152 valence electrons. The van der Waals surface area contributed by atoms with E-state index in [0.717, 1.165) is 23.2 Å². The average Bonchev–Trinajstić information content (AvgIpc) is 3.12.